The van der Waals surface area contributed by atoms with Gasteiger partial charge in [-0.25, -0.2) is 0 Å². The normalized spacial score (nSPS) is 25.2. The molecule has 190 valence electrons. The number of hydrogen-bond acceptors (Lipinski definition) is 9. The van der Waals surface area contributed by atoms with Crippen LogP contribution in [0.5, 0.6) is 5.75 Å². The monoisotopic (exact) mass is 495 g/mol. The second-order valence-electron chi connectivity index (χ2n) is 9.99. The van der Waals surface area contributed by atoms with E-state index in [1.165, 1.54) is 0 Å². The van der Waals surface area contributed by atoms with Crippen LogP contribution in [0.3, 0.4) is 0 Å². The van der Waals surface area contributed by atoms with Gasteiger partial charge in [-0.3, -0.25) is 19.3 Å². The van der Waals surface area contributed by atoms with Gasteiger partial charge in [0.2, 0.25) is 5.78 Å². The molecule has 0 saturated heterocycles. The molecule has 0 bridgehead atoms. The standard InChI is InChI=1S/C26H29N3O7/c1-28(2)7-5-6-12-10-16(29(3)4)15-9-13-8-14-11-17(30)20(25(27)35)24(34)26(14,36)23(33)18(13)22(32)19(15)21(12)31/h10,13-14,31-32,34,36H,7-9,11H2,1-4H3,(H2,27,35)/t13-,14+,26+/m1/s1. The number of carbonyl (C=O) groups excluding carboxylic acids is 3. The Bertz CT molecular complexity index is 1330. The predicted molar refractivity (Wildman–Crippen MR) is 131 cm³/mol. The van der Waals surface area contributed by atoms with E-state index in [4.69, 9.17) is 5.73 Å². The number of nitrogens with zero attached hydrogens (tertiary/aromatic N) is 2. The average Bonchev–Trinajstić information content (AvgIpc) is 2.77. The van der Waals surface area contributed by atoms with E-state index < -0.39 is 52.0 Å². The maximum atomic E-state index is 13.6. The Morgan fingerprint density at radius 1 is 1.17 bits per heavy atom. The molecule has 6 N–H and O–H groups in total. The molecule has 1 fully saturated rings. The number of ketones is 2. The molecule has 0 spiro atoms. The van der Waals surface area contributed by atoms with E-state index in [9.17, 15) is 34.8 Å². The fourth-order valence-electron chi connectivity index (χ4n) is 5.46. The lowest BCUT2D eigenvalue weighted by Crippen LogP contribution is -2.58. The molecule has 3 aliphatic carbocycles. The minimum atomic E-state index is -2.58. The summed E-state index contributed by atoms with van der Waals surface area (Å²) in [7, 11) is 7.31. The van der Waals surface area contributed by atoms with Crippen molar-refractivity contribution < 1.29 is 34.8 Å². The van der Waals surface area contributed by atoms with Gasteiger partial charge in [0, 0.05) is 37.7 Å². The zero-order chi connectivity index (χ0) is 26.7. The highest BCUT2D eigenvalue weighted by atomic mass is 16.3. The summed E-state index contributed by atoms with van der Waals surface area (Å²) < 4.78 is 0. The van der Waals surface area contributed by atoms with E-state index in [1.54, 1.807) is 20.2 Å². The molecule has 0 heterocycles. The van der Waals surface area contributed by atoms with Gasteiger partial charge in [-0.2, -0.15) is 0 Å². The van der Waals surface area contributed by atoms with Crippen molar-refractivity contribution >= 4 is 28.9 Å². The van der Waals surface area contributed by atoms with Gasteiger partial charge < -0.3 is 31.1 Å². The minimum absolute atomic E-state index is 0.0301. The van der Waals surface area contributed by atoms with Crippen LogP contribution in [0.1, 0.15) is 29.5 Å². The van der Waals surface area contributed by atoms with Gasteiger partial charge in [0.1, 0.15) is 22.8 Å². The molecule has 1 aromatic carbocycles. The highest BCUT2D eigenvalue weighted by Gasteiger charge is 2.60. The van der Waals surface area contributed by atoms with Crippen molar-refractivity contribution in [3.63, 3.8) is 0 Å². The Balaban J connectivity index is 1.94. The molecule has 3 atom stereocenters. The molecule has 36 heavy (non-hydrogen) atoms. The summed E-state index contributed by atoms with van der Waals surface area (Å²) in [5.74, 6) is -0.686. The zero-order valence-electron chi connectivity index (χ0n) is 20.5. The van der Waals surface area contributed by atoms with Crippen molar-refractivity contribution in [3.8, 4) is 17.6 Å². The largest absolute Gasteiger partial charge is 0.508 e. The van der Waals surface area contributed by atoms with Crippen LogP contribution in [0.15, 0.2) is 23.0 Å². The molecular formula is C26H29N3O7. The van der Waals surface area contributed by atoms with Crippen LogP contribution in [0.2, 0.25) is 0 Å². The molecule has 1 aromatic rings. The third-order valence-electron chi connectivity index (χ3n) is 7.14. The van der Waals surface area contributed by atoms with E-state index in [0.29, 0.717) is 17.8 Å². The molecule has 3 aliphatic rings. The number of aromatic hydroxyl groups is 1. The summed E-state index contributed by atoms with van der Waals surface area (Å²) in [6.45, 7) is 0.433. The average molecular weight is 496 g/mol. The van der Waals surface area contributed by atoms with Crippen molar-refractivity contribution in [1.82, 2.24) is 4.90 Å². The SMILES string of the molecule is CN(C)CC#Cc1cc(N(C)C)c2c(c1O)C(O)=C1C(=O)[C@]3(O)C(O)=C(C(N)=O)C(=O)C[C@@H]3C[C@@H]1C2. The Hall–Kier alpha value is -3.81. The van der Waals surface area contributed by atoms with E-state index in [2.05, 4.69) is 11.8 Å². The van der Waals surface area contributed by atoms with Crippen LogP contribution in [0.4, 0.5) is 5.69 Å². The number of rotatable bonds is 3. The van der Waals surface area contributed by atoms with Crippen LogP contribution in [-0.4, -0.2) is 83.1 Å². The molecule has 0 aromatic heterocycles. The van der Waals surface area contributed by atoms with E-state index in [1.807, 2.05) is 23.9 Å². The Kier molecular flexibility index (Phi) is 6.11. The fraction of sp³-hybridized carbons (Fsp3) is 0.423. The molecular weight excluding hydrogens is 466 g/mol. The van der Waals surface area contributed by atoms with Gasteiger partial charge >= 0.3 is 0 Å². The molecule has 1 amide bonds. The summed E-state index contributed by atoms with van der Waals surface area (Å²) in [6.07, 6.45) is -0.0318. The van der Waals surface area contributed by atoms with Crippen LogP contribution in [-0.2, 0) is 20.8 Å². The molecule has 0 aliphatic heterocycles. The first-order valence-electron chi connectivity index (χ1n) is 11.5. The molecule has 0 radical (unpaired) electrons. The van der Waals surface area contributed by atoms with E-state index >= 15 is 0 Å². The van der Waals surface area contributed by atoms with Gasteiger partial charge in [-0.1, -0.05) is 11.8 Å². The number of carbonyl (C=O) groups is 3. The Morgan fingerprint density at radius 3 is 2.42 bits per heavy atom. The predicted octanol–water partition coefficient (Wildman–Crippen LogP) is 0.403. The Morgan fingerprint density at radius 2 is 1.83 bits per heavy atom. The van der Waals surface area contributed by atoms with Crippen LogP contribution in [0, 0.1) is 23.7 Å². The third-order valence-corrected chi connectivity index (χ3v) is 7.14. The summed E-state index contributed by atoms with van der Waals surface area (Å²) in [6, 6.07) is 1.72. The van der Waals surface area contributed by atoms with Crippen molar-refractivity contribution in [2.75, 3.05) is 39.6 Å². The number of fused-ring (bicyclic) bond motifs is 3. The van der Waals surface area contributed by atoms with Gasteiger partial charge in [0.15, 0.2) is 11.4 Å². The lowest BCUT2D eigenvalue weighted by Gasteiger charge is -2.46. The number of Topliss-reactive ketones (excluding diaryl/α,β-unsaturated/α-hetero) is 2. The maximum absolute atomic E-state index is 13.6. The highest BCUT2D eigenvalue weighted by Crippen LogP contribution is 2.53. The maximum Gasteiger partial charge on any atom is 0.255 e. The van der Waals surface area contributed by atoms with Gasteiger partial charge in [-0.15, -0.1) is 0 Å². The summed E-state index contributed by atoms with van der Waals surface area (Å²) in [5, 5.41) is 44.4. The lowest BCUT2D eigenvalue weighted by molar-refractivity contribution is -0.147. The molecule has 0 unspecified atom stereocenters. The number of anilines is 1. The van der Waals surface area contributed by atoms with Crippen LogP contribution < -0.4 is 10.6 Å². The first-order valence-corrected chi connectivity index (χ1v) is 11.5. The summed E-state index contributed by atoms with van der Waals surface area (Å²) >= 11 is 0. The smallest absolute Gasteiger partial charge is 0.255 e. The van der Waals surface area contributed by atoms with Crippen molar-refractivity contribution in [2.24, 2.45) is 17.6 Å². The van der Waals surface area contributed by atoms with Crippen molar-refractivity contribution in [1.29, 1.82) is 0 Å². The second kappa shape index (κ2) is 8.69. The number of aliphatic hydroxyl groups excluding tert-OH is 2. The van der Waals surface area contributed by atoms with Crippen LogP contribution in [0.25, 0.3) is 5.76 Å². The number of aliphatic hydroxyl groups is 3. The first-order chi connectivity index (χ1) is 16.8. The third kappa shape index (κ3) is 3.63. The van der Waals surface area contributed by atoms with Crippen LogP contribution >= 0.6 is 0 Å². The topological polar surface area (TPSA) is 165 Å². The Labute approximate surface area is 208 Å². The van der Waals surface area contributed by atoms with E-state index in [0.717, 1.165) is 0 Å². The van der Waals surface area contributed by atoms with E-state index in [-0.39, 0.29) is 41.7 Å². The molecule has 4 rings (SSSR count). The van der Waals surface area contributed by atoms with Gasteiger partial charge in [0.25, 0.3) is 5.91 Å². The number of amides is 1. The fourth-order valence-corrected chi connectivity index (χ4v) is 5.46. The lowest BCUT2D eigenvalue weighted by atomic mass is 9.59. The number of primary amides is 1. The van der Waals surface area contributed by atoms with Crippen molar-refractivity contribution in [3.05, 3.63) is 39.7 Å². The minimum Gasteiger partial charge on any atom is -0.508 e. The van der Waals surface area contributed by atoms with Gasteiger partial charge in [-0.05, 0) is 44.5 Å². The number of phenols is 1. The van der Waals surface area contributed by atoms with Gasteiger partial charge in [0.05, 0.1) is 17.7 Å². The number of phenolic OH excluding ortho intramolecular Hbond substituents is 1. The second-order valence-corrected chi connectivity index (χ2v) is 9.99. The number of benzene rings is 1. The van der Waals surface area contributed by atoms with Crippen molar-refractivity contribution in [2.45, 2.75) is 24.9 Å². The zero-order valence-corrected chi connectivity index (χ0v) is 20.5. The summed E-state index contributed by atoms with van der Waals surface area (Å²) in [5.41, 5.74) is 3.22. The highest BCUT2D eigenvalue weighted by molar-refractivity contribution is 6.22. The molecule has 1 saturated carbocycles. The number of hydrogen-bond donors (Lipinski definition) is 5. The number of nitrogens with two attached hydrogens (primary N) is 1. The quantitative estimate of drug-likeness (QED) is 0.295. The molecule has 10 nitrogen and oxygen atoms in total. The first kappa shape index (κ1) is 25.3. The molecule has 10 heteroatoms. The summed E-state index contributed by atoms with van der Waals surface area (Å²) in [4.78, 5) is 41.5.